The summed E-state index contributed by atoms with van der Waals surface area (Å²) in [5, 5.41) is 0. The summed E-state index contributed by atoms with van der Waals surface area (Å²) in [4.78, 5) is 13.9. The molecule has 0 atom stereocenters. The van der Waals surface area contributed by atoms with E-state index in [1.54, 1.807) is 0 Å². The molecule has 0 fully saturated rings. The largest absolute Gasteiger partial charge is 0.489 e. The maximum absolute atomic E-state index is 6.11. The third-order valence-electron chi connectivity index (χ3n) is 6.86. The number of hydrogen-bond donors (Lipinski definition) is 0. The lowest BCUT2D eigenvalue weighted by atomic mass is 10.1. The number of aliphatic imine (C=N–C) groups is 2. The number of likely N-dealkylation sites (N-methyl/N-ethyl adjacent to an activating group) is 2. The molecule has 0 amide bonds. The smallest absolute Gasteiger partial charge is 0.131 e. The first-order valence-electron chi connectivity index (χ1n) is 13.3. The van der Waals surface area contributed by atoms with E-state index < -0.39 is 0 Å². The second kappa shape index (κ2) is 11.5. The monoisotopic (exact) mass is 496 g/mol. The number of ether oxygens (including phenoxy) is 2. The Morgan fingerprint density at radius 2 is 1.08 bits per heavy atom. The number of nitrogens with zero attached hydrogens (tertiary/aromatic N) is 4. The Morgan fingerprint density at radius 3 is 1.49 bits per heavy atom. The van der Waals surface area contributed by atoms with Crippen LogP contribution in [0.3, 0.4) is 0 Å². The van der Waals surface area contributed by atoms with E-state index in [1.165, 1.54) is 5.56 Å². The molecule has 37 heavy (non-hydrogen) atoms. The van der Waals surface area contributed by atoms with Gasteiger partial charge < -0.3 is 19.3 Å². The van der Waals surface area contributed by atoms with Crippen LogP contribution in [0.1, 0.15) is 41.7 Å². The lowest BCUT2D eigenvalue weighted by molar-refractivity contribution is 0.299. The zero-order valence-electron chi connectivity index (χ0n) is 22.1. The molecule has 0 N–H and O–H groups in total. The quantitative estimate of drug-likeness (QED) is 0.381. The number of hydrogen-bond acceptors (Lipinski definition) is 6. The predicted octanol–water partition coefficient (Wildman–Crippen LogP) is 5.32. The molecule has 0 spiro atoms. The summed E-state index contributed by atoms with van der Waals surface area (Å²) in [7, 11) is 0. The Hall–Kier alpha value is -3.80. The minimum Gasteiger partial charge on any atom is -0.489 e. The summed E-state index contributed by atoms with van der Waals surface area (Å²) < 4.78 is 12.2. The number of amidine groups is 2. The summed E-state index contributed by atoms with van der Waals surface area (Å²) in [5.41, 5.74) is 5.76. The molecule has 2 heterocycles. The van der Waals surface area contributed by atoms with E-state index in [4.69, 9.17) is 9.47 Å². The van der Waals surface area contributed by atoms with Crippen LogP contribution in [-0.4, -0.2) is 60.7 Å². The first kappa shape index (κ1) is 24.9. The Balaban J connectivity index is 1.17. The zero-order chi connectivity index (χ0) is 25.6. The van der Waals surface area contributed by atoms with Gasteiger partial charge in [-0.2, -0.15) is 0 Å². The van der Waals surface area contributed by atoms with E-state index in [0.717, 1.165) is 84.7 Å². The van der Waals surface area contributed by atoms with E-state index in [-0.39, 0.29) is 0 Å². The van der Waals surface area contributed by atoms with Crippen LogP contribution in [0, 0.1) is 6.92 Å². The van der Waals surface area contributed by atoms with Gasteiger partial charge in [0.1, 0.15) is 36.4 Å². The number of rotatable bonds is 10. The highest BCUT2D eigenvalue weighted by atomic mass is 16.5. The Labute approximate surface area is 220 Å². The van der Waals surface area contributed by atoms with Crippen LogP contribution in [-0.2, 0) is 13.2 Å². The molecular formula is C31H36N4O2. The van der Waals surface area contributed by atoms with Crippen molar-refractivity contribution in [3.8, 4) is 11.5 Å². The highest BCUT2D eigenvalue weighted by Gasteiger charge is 2.17. The van der Waals surface area contributed by atoms with Gasteiger partial charge in [-0.3, -0.25) is 9.98 Å². The Bertz CT molecular complexity index is 1170. The van der Waals surface area contributed by atoms with Crippen molar-refractivity contribution >= 4 is 11.7 Å². The van der Waals surface area contributed by atoms with Crippen LogP contribution >= 0.6 is 0 Å². The summed E-state index contributed by atoms with van der Waals surface area (Å²) in [6, 6.07) is 23.0. The SMILES string of the molecule is CCN1CCN=C1c1ccc(OCc2cc(C)cc(COc3ccc(C4=NCCN4CC)cc3)c2)cc1. The van der Waals surface area contributed by atoms with E-state index in [9.17, 15) is 0 Å². The van der Waals surface area contributed by atoms with Gasteiger partial charge in [-0.15, -0.1) is 0 Å². The van der Waals surface area contributed by atoms with Crippen molar-refractivity contribution < 1.29 is 9.47 Å². The molecule has 0 radical (unpaired) electrons. The van der Waals surface area contributed by atoms with Crippen LogP contribution in [0.25, 0.3) is 0 Å². The summed E-state index contributed by atoms with van der Waals surface area (Å²) >= 11 is 0. The van der Waals surface area contributed by atoms with Crippen molar-refractivity contribution in [2.75, 3.05) is 39.3 Å². The fourth-order valence-electron chi connectivity index (χ4n) is 4.98. The molecule has 3 aromatic carbocycles. The van der Waals surface area contributed by atoms with Crippen molar-refractivity contribution in [2.45, 2.75) is 34.0 Å². The molecule has 0 saturated heterocycles. The van der Waals surface area contributed by atoms with Gasteiger partial charge >= 0.3 is 0 Å². The van der Waals surface area contributed by atoms with Crippen molar-refractivity contribution in [3.63, 3.8) is 0 Å². The van der Waals surface area contributed by atoms with E-state index in [0.29, 0.717) is 13.2 Å². The molecule has 0 bridgehead atoms. The Morgan fingerprint density at radius 1 is 0.649 bits per heavy atom. The van der Waals surface area contributed by atoms with Crippen LogP contribution in [0.5, 0.6) is 11.5 Å². The molecule has 0 saturated carbocycles. The standard InChI is InChI=1S/C31H36N4O2/c1-4-34-16-14-32-30(34)26-6-10-28(11-7-26)36-21-24-18-23(3)19-25(20-24)22-37-29-12-8-27(9-13-29)31-33-15-17-35(31)5-2/h6-13,18-20H,4-5,14-17,21-22H2,1-3H3. The summed E-state index contributed by atoms with van der Waals surface area (Å²) in [6.45, 7) is 13.2. The van der Waals surface area contributed by atoms with Gasteiger partial charge in [0.2, 0.25) is 0 Å². The van der Waals surface area contributed by atoms with E-state index >= 15 is 0 Å². The third kappa shape index (κ3) is 5.96. The predicted molar refractivity (Wildman–Crippen MR) is 150 cm³/mol. The van der Waals surface area contributed by atoms with Crippen LogP contribution in [0.15, 0.2) is 76.7 Å². The van der Waals surface area contributed by atoms with Gasteiger partial charge in [-0.25, -0.2) is 0 Å². The lowest BCUT2D eigenvalue weighted by Gasteiger charge is -2.18. The summed E-state index contributed by atoms with van der Waals surface area (Å²) in [6.07, 6.45) is 0. The molecule has 2 aliphatic rings. The molecule has 5 rings (SSSR count). The summed E-state index contributed by atoms with van der Waals surface area (Å²) in [5.74, 6) is 3.89. The molecular weight excluding hydrogens is 460 g/mol. The molecule has 2 aliphatic heterocycles. The Kier molecular flexibility index (Phi) is 7.73. The zero-order valence-corrected chi connectivity index (χ0v) is 22.1. The van der Waals surface area contributed by atoms with Crippen molar-refractivity contribution in [2.24, 2.45) is 9.98 Å². The normalized spacial score (nSPS) is 15.1. The van der Waals surface area contributed by atoms with Gasteiger partial charge in [-0.1, -0.05) is 17.7 Å². The first-order valence-corrected chi connectivity index (χ1v) is 13.3. The van der Waals surface area contributed by atoms with Gasteiger partial charge in [0.05, 0.1) is 13.1 Å². The molecule has 192 valence electrons. The van der Waals surface area contributed by atoms with E-state index in [2.05, 4.69) is 83.0 Å². The van der Waals surface area contributed by atoms with Crippen molar-refractivity contribution in [1.82, 2.24) is 9.80 Å². The van der Waals surface area contributed by atoms with Crippen molar-refractivity contribution in [3.05, 3.63) is 94.5 Å². The highest BCUT2D eigenvalue weighted by molar-refractivity contribution is 6.00. The molecule has 3 aromatic rings. The van der Waals surface area contributed by atoms with Crippen molar-refractivity contribution in [1.29, 1.82) is 0 Å². The molecule has 0 unspecified atom stereocenters. The maximum Gasteiger partial charge on any atom is 0.131 e. The second-order valence-corrected chi connectivity index (χ2v) is 9.52. The van der Waals surface area contributed by atoms with Gasteiger partial charge in [0, 0.05) is 37.3 Å². The van der Waals surface area contributed by atoms with Gasteiger partial charge in [0.15, 0.2) is 0 Å². The average Bonchev–Trinajstić information content (AvgIpc) is 3.61. The lowest BCUT2D eigenvalue weighted by Crippen LogP contribution is -2.27. The topological polar surface area (TPSA) is 49.7 Å². The fourth-order valence-corrected chi connectivity index (χ4v) is 4.98. The van der Waals surface area contributed by atoms with Gasteiger partial charge in [-0.05, 0) is 86.5 Å². The highest BCUT2D eigenvalue weighted by Crippen LogP contribution is 2.21. The van der Waals surface area contributed by atoms with Crippen LogP contribution in [0.4, 0.5) is 0 Å². The molecule has 0 aliphatic carbocycles. The fraction of sp³-hybridized carbons (Fsp3) is 0.355. The minimum atomic E-state index is 0.515. The average molecular weight is 497 g/mol. The van der Waals surface area contributed by atoms with Crippen LogP contribution < -0.4 is 9.47 Å². The first-order chi connectivity index (χ1) is 18.1. The third-order valence-corrected chi connectivity index (χ3v) is 6.86. The molecule has 0 aromatic heterocycles. The minimum absolute atomic E-state index is 0.515. The molecule has 6 heteroatoms. The molecule has 6 nitrogen and oxygen atoms in total. The second-order valence-electron chi connectivity index (χ2n) is 9.52. The number of aryl methyl sites for hydroxylation is 1. The number of benzene rings is 3. The van der Waals surface area contributed by atoms with Crippen LogP contribution in [0.2, 0.25) is 0 Å². The van der Waals surface area contributed by atoms with Gasteiger partial charge in [0.25, 0.3) is 0 Å². The maximum atomic E-state index is 6.11. The van der Waals surface area contributed by atoms with E-state index in [1.807, 2.05) is 24.3 Å².